The molecule has 1 aliphatic carbocycles. The topological polar surface area (TPSA) is 51.8 Å². The zero-order chi connectivity index (χ0) is 24.3. The fourth-order valence-electron chi connectivity index (χ4n) is 4.38. The fourth-order valence-corrected chi connectivity index (χ4v) is 4.38. The summed E-state index contributed by atoms with van der Waals surface area (Å²) in [6.45, 7) is 6.64. The van der Waals surface area contributed by atoms with Crippen LogP contribution in [0.5, 0.6) is 0 Å². The molecule has 1 aliphatic rings. The molecule has 1 radical (unpaired) electrons. The van der Waals surface area contributed by atoms with E-state index in [1.54, 1.807) is 12.4 Å². The van der Waals surface area contributed by atoms with Crippen LogP contribution in [-0.2, 0) is 38.4 Å². The summed E-state index contributed by atoms with van der Waals surface area (Å²) in [7, 11) is 0. The van der Waals surface area contributed by atoms with Crippen molar-refractivity contribution in [3.8, 4) is 22.5 Å². The van der Waals surface area contributed by atoms with Gasteiger partial charge < -0.3 is 14.4 Å². The molecule has 5 heteroatoms. The van der Waals surface area contributed by atoms with Gasteiger partial charge in [0.15, 0.2) is 0 Å². The zero-order valence-electron chi connectivity index (χ0n) is 20.8. The zero-order valence-corrected chi connectivity index (χ0v) is 23.2. The number of fused-ring (bicyclic) bond motifs is 3. The van der Waals surface area contributed by atoms with E-state index >= 15 is 0 Å². The van der Waals surface area contributed by atoms with Gasteiger partial charge in [0.25, 0.3) is 0 Å². The first-order valence-corrected chi connectivity index (χ1v) is 12.2. The summed E-state index contributed by atoms with van der Waals surface area (Å²) in [6, 6.07) is 24.3. The van der Waals surface area contributed by atoms with Crippen LogP contribution in [0.3, 0.4) is 0 Å². The third-order valence-electron chi connectivity index (χ3n) is 6.30. The second-order valence-corrected chi connectivity index (χ2v) is 9.84. The standard InChI is InChI=1S/C20H21N2O.C11H8N.Ir/c1-20(2,3)13-8-10-21-16(12-13)14-9-11-22-18-15-6-4-5-7-17(15)23-19(14)18;1-2-6-10(7-3-1)11-8-4-5-9-12-11;/h8,10-12H,4-7H2,1-3H3;1-6,8-9H;/q2*-1;. The summed E-state index contributed by atoms with van der Waals surface area (Å²) in [4.78, 5) is 13.3. The molecule has 0 fully saturated rings. The van der Waals surface area contributed by atoms with Crippen molar-refractivity contribution >= 4 is 11.1 Å². The molecule has 0 atom stereocenters. The third kappa shape index (κ3) is 5.64. The van der Waals surface area contributed by atoms with E-state index in [1.807, 2.05) is 48.7 Å². The van der Waals surface area contributed by atoms with Crippen molar-refractivity contribution in [1.29, 1.82) is 0 Å². The molecule has 1 aromatic carbocycles. The third-order valence-corrected chi connectivity index (χ3v) is 6.30. The number of furan rings is 1. The molecule has 6 rings (SSSR count). The Morgan fingerprint density at radius 3 is 2.39 bits per heavy atom. The Morgan fingerprint density at radius 2 is 1.64 bits per heavy atom. The number of rotatable bonds is 2. The average molecular weight is 652 g/mol. The van der Waals surface area contributed by atoms with Gasteiger partial charge in [-0.25, -0.2) is 0 Å². The van der Waals surface area contributed by atoms with Crippen LogP contribution < -0.4 is 0 Å². The molecule has 5 aromatic rings. The Balaban J connectivity index is 0.000000198. The van der Waals surface area contributed by atoms with Crippen LogP contribution in [0.2, 0.25) is 0 Å². The summed E-state index contributed by atoms with van der Waals surface area (Å²) in [6.07, 6.45) is 9.91. The van der Waals surface area contributed by atoms with Crippen LogP contribution in [-0.4, -0.2) is 15.0 Å². The van der Waals surface area contributed by atoms with Crippen molar-refractivity contribution in [1.82, 2.24) is 15.0 Å². The molecule has 4 nitrogen and oxygen atoms in total. The van der Waals surface area contributed by atoms with E-state index in [0.29, 0.717) is 0 Å². The quantitative estimate of drug-likeness (QED) is 0.187. The van der Waals surface area contributed by atoms with Gasteiger partial charge in [0.05, 0.1) is 11.3 Å². The number of nitrogens with zero attached hydrogens (tertiary/aromatic N) is 3. The Labute approximate surface area is 226 Å². The normalized spacial score (nSPS) is 12.8. The molecule has 4 heterocycles. The summed E-state index contributed by atoms with van der Waals surface area (Å²) in [5.74, 6) is 1.10. The molecule has 185 valence electrons. The van der Waals surface area contributed by atoms with E-state index in [4.69, 9.17) is 4.42 Å². The van der Waals surface area contributed by atoms with E-state index in [9.17, 15) is 0 Å². The maximum atomic E-state index is 6.17. The molecule has 0 spiro atoms. The number of aryl methyl sites for hydroxylation is 2. The van der Waals surface area contributed by atoms with Crippen molar-refractivity contribution in [3.05, 3.63) is 102 Å². The van der Waals surface area contributed by atoms with Gasteiger partial charge in [-0.2, -0.15) is 6.07 Å². The number of benzene rings is 1. The van der Waals surface area contributed by atoms with Crippen LogP contribution in [0.1, 0.15) is 50.5 Å². The van der Waals surface area contributed by atoms with Crippen LogP contribution in [0, 0.1) is 12.1 Å². The minimum atomic E-state index is 0. The molecule has 0 saturated heterocycles. The van der Waals surface area contributed by atoms with Crippen molar-refractivity contribution in [2.45, 2.75) is 51.9 Å². The van der Waals surface area contributed by atoms with E-state index in [0.717, 1.165) is 52.2 Å². The fraction of sp³-hybridized carbons (Fsp3) is 0.258. The molecule has 0 bridgehead atoms. The molecule has 0 aliphatic heterocycles. The summed E-state index contributed by atoms with van der Waals surface area (Å²) in [5.41, 5.74) is 8.33. The summed E-state index contributed by atoms with van der Waals surface area (Å²) < 4.78 is 6.17. The van der Waals surface area contributed by atoms with Crippen LogP contribution in [0.4, 0.5) is 0 Å². The van der Waals surface area contributed by atoms with Crippen LogP contribution in [0.15, 0.2) is 77.6 Å². The Bertz CT molecular complexity index is 1390. The van der Waals surface area contributed by atoms with Gasteiger partial charge in [-0.05, 0) is 54.4 Å². The van der Waals surface area contributed by atoms with Gasteiger partial charge in [0, 0.05) is 50.1 Å². The molecule has 0 saturated carbocycles. The van der Waals surface area contributed by atoms with Crippen LogP contribution in [0.25, 0.3) is 33.6 Å². The van der Waals surface area contributed by atoms with Gasteiger partial charge >= 0.3 is 0 Å². The molecule has 36 heavy (non-hydrogen) atoms. The number of hydrogen-bond acceptors (Lipinski definition) is 4. The monoisotopic (exact) mass is 652 g/mol. The second kappa shape index (κ2) is 11.3. The van der Waals surface area contributed by atoms with E-state index in [2.05, 4.69) is 60.0 Å². The van der Waals surface area contributed by atoms with Crippen LogP contribution >= 0.6 is 0 Å². The summed E-state index contributed by atoms with van der Waals surface area (Å²) >= 11 is 0. The van der Waals surface area contributed by atoms with Crippen molar-refractivity contribution in [3.63, 3.8) is 0 Å². The Kier molecular flexibility index (Phi) is 8.13. The average Bonchev–Trinajstić information content (AvgIpc) is 3.29. The minimum absolute atomic E-state index is 0. The number of hydrogen-bond donors (Lipinski definition) is 0. The molecular formula is C31H29IrN3O-2. The molecule has 0 unspecified atom stereocenters. The maximum Gasteiger partial charge on any atom is 0.0915 e. The van der Waals surface area contributed by atoms with E-state index < -0.39 is 0 Å². The Morgan fingerprint density at radius 1 is 0.833 bits per heavy atom. The van der Waals surface area contributed by atoms with Gasteiger partial charge in [-0.3, -0.25) is 4.98 Å². The van der Waals surface area contributed by atoms with E-state index in [1.165, 1.54) is 24.0 Å². The smallest absolute Gasteiger partial charge is 0.0915 e. The molecular weight excluding hydrogens is 623 g/mol. The van der Waals surface area contributed by atoms with Crippen molar-refractivity contribution in [2.75, 3.05) is 0 Å². The second-order valence-electron chi connectivity index (χ2n) is 9.84. The van der Waals surface area contributed by atoms with E-state index in [-0.39, 0.29) is 25.5 Å². The SMILES string of the molecule is CC(C)(C)c1ccnc(-c2[c-]cnc3c4c(oc23)CCCC4)c1.[Ir].[c-]1ccccc1-c1ccccn1. The first-order valence-electron chi connectivity index (χ1n) is 12.2. The number of aromatic nitrogens is 3. The maximum absolute atomic E-state index is 6.17. The van der Waals surface area contributed by atoms with Crippen molar-refractivity contribution in [2.24, 2.45) is 0 Å². The number of pyridine rings is 3. The Hall–Kier alpha value is -3.14. The molecule has 0 N–H and O–H groups in total. The minimum Gasteiger partial charge on any atom is -0.517 e. The van der Waals surface area contributed by atoms with Crippen molar-refractivity contribution < 1.29 is 24.5 Å². The first-order chi connectivity index (χ1) is 17.0. The first kappa shape index (κ1) is 25.9. The van der Waals surface area contributed by atoms with Gasteiger partial charge in [0.1, 0.15) is 0 Å². The predicted molar refractivity (Wildman–Crippen MR) is 140 cm³/mol. The van der Waals surface area contributed by atoms with Gasteiger partial charge in [-0.15, -0.1) is 41.5 Å². The summed E-state index contributed by atoms with van der Waals surface area (Å²) in [5, 5.41) is 0. The predicted octanol–water partition coefficient (Wildman–Crippen LogP) is 7.41. The van der Waals surface area contributed by atoms with Gasteiger partial charge in [0.2, 0.25) is 0 Å². The molecule has 4 aromatic heterocycles. The van der Waals surface area contributed by atoms with Gasteiger partial charge in [-0.1, -0.05) is 44.5 Å². The largest absolute Gasteiger partial charge is 0.517 e. The molecule has 0 amide bonds.